The Morgan fingerprint density at radius 1 is 1.53 bits per heavy atom. The number of hydrogen-bond acceptors (Lipinski definition) is 4. The summed E-state index contributed by atoms with van der Waals surface area (Å²) in [7, 11) is 1.60. The number of thiazole rings is 1. The summed E-state index contributed by atoms with van der Waals surface area (Å²) >= 11 is 1.44. The van der Waals surface area contributed by atoms with E-state index in [4.69, 9.17) is 0 Å². The number of carbonyl (C=O) groups excluding carboxylic acids is 1. The maximum absolute atomic E-state index is 12.9. The van der Waals surface area contributed by atoms with Crippen LogP contribution in [0.5, 0.6) is 0 Å². The van der Waals surface area contributed by atoms with Crippen molar-refractivity contribution in [3.05, 3.63) is 24.0 Å². The van der Waals surface area contributed by atoms with Gasteiger partial charge in [0, 0.05) is 26.1 Å². The molecule has 0 aliphatic rings. The van der Waals surface area contributed by atoms with Crippen LogP contribution in [0.1, 0.15) is 6.42 Å². The molecule has 2 aromatic rings. The van der Waals surface area contributed by atoms with Crippen LogP contribution in [-0.2, 0) is 4.79 Å². The SMILES string of the molecule is CNC(=O)CCNc1nc2cc(F)ccc2s1. The van der Waals surface area contributed by atoms with E-state index in [0.717, 1.165) is 4.70 Å². The summed E-state index contributed by atoms with van der Waals surface area (Å²) in [5.41, 5.74) is 0.637. The number of nitrogens with zero attached hydrogens (tertiary/aromatic N) is 1. The largest absolute Gasteiger partial charge is 0.361 e. The average molecular weight is 253 g/mol. The standard InChI is InChI=1S/C11H12FN3OS/c1-13-10(16)4-5-14-11-15-8-6-7(12)2-3-9(8)17-11/h2-3,6H,4-5H2,1H3,(H,13,16)(H,14,15). The van der Waals surface area contributed by atoms with Gasteiger partial charge in [0.25, 0.3) is 0 Å². The number of amides is 1. The summed E-state index contributed by atoms with van der Waals surface area (Å²) in [4.78, 5) is 15.2. The van der Waals surface area contributed by atoms with Crippen molar-refractivity contribution in [2.45, 2.75) is 6.42 Å². The first-order valence-corrected chi connectivity index (χ1v) is 6.01. The Kier molecular flexibility index (Phi) is 3.53. The van der Waals surface area contributed by atoms with Crippen molar-refractivity contribution in [3.8, 4) is 0 Å². The molecule has 0 aliphatic carbocycles. The Labute approximate surface area is 102 Å². The van der Waals surface area contributed by atoms with Crippen molar-refractivity contribution < 1.29 is 9.18 Å². The number of aromatic nitrogens is 1. The Bertz CT molecular complexity index is 540. The lowest BCUT2D eigenvalue weighted by Crippen LogP contribution is -2.20. The number of rotatable bonds is 4. The minimum Gasteiger partial charge on any atom is -0.361 e. The van der Waals surface area contributed by atoms with Crippen LogP contribution < -0.4 is 10.6 Å². The first-order valence-electron chi connectivity index (χ1n) is 5.19. The lowest BCUT2D eigenvalue weighted by molar-refractivity contribution is -0.120. The van der Waals surface area contributed by atoms with Crippen molar-refractivity contribution in [3.63, 3.8) is 0 Å². The lowest BCUT2D eigenvalue weighted by atomic mass is 10.3. The Hall–Kier alpha value is -1.69. The summed E-state index contributed by atoms with van der Waals surface area (Å²) in [6.45, 7) is 0.516. The fraction of sp³-hybridized carbons (Fsp3) is 0.273. The number of carbonyl (C=O) groups is 1. The molecular weight excluding hydrogens is 241 g/mol. The lowest BCUT2D eigenvalue weighted by Gasteiger charge is -2.00. The average Bonchev–Trinajstić information content (AvgIpc) is 2.70. The van der Waals surface area contributed by atoms with E-state index in [1.54, 1.807) is 13.1 Å². The van der Waals surface area contributed by atoms with Gasteiger partial charge in [-0.15, -0.1) is 0 Å². The van der Waals surface area contributed by atoms with E-state index >= 15 is 0 Å². The number of fused-ring (bicyclic) bond motifs is 1. The van der Waals surface area contributed by atoms with Gasteiger partial charge in [-0.2, -0.15) is 0 Å². The molecule has 1 heterocycles. The van der Waals surface area contributed by atoms with Gasteiger partial charge in [0.05, 0.1) is 10.2 Å². The molecule has 0 atom stereocenters. The van der Waals surface area contributed by atoms with E-state index in [0.29, 0.717) is 23.6 Å². The minimum atomic E-state index is -0.292. The number of halogens is 1. The van der Waals surface area contributed by atoms with Crippen molar-refractivity contribution in [2.24, 2.45) is 0 Å². The van der Waals surface area contributed by atoms with Crippen LogP contribution in [0.3, 0.4) is 0 Å². The summed E-state index contributed by atoms with van der Waals surface area (Å²) in [5, 5.41) is 6.29. The molecule has 6 heteroatoms. The molecular formula is C11H12FN3OS. The molecule has 2 rings (SSSR count). The maximum Gasteiger partial charge on any atom is 0.221 e. The third-order valence-electron chi connectivity index (χ3n) is 2.26. The zero-order valence-electron chi connectivity index (χ0n) is 9.29. The smallest absolute Gasteiger partial charge is 0.221 e. The summed E-state index contributed by atoms with van der Waals surface area (Å²) in [5.74, 6) is -0.315. The van der Waals surface area contributed by atoms with E-state index in [9.17, 15) is 9.18 Å². The molecule has 0 bridgehead atoms. The van der Waals surface area contributed by atoms with Gasteiger partial charge in [0.2, 0.25) is 5.91 Å². The molecule has 2 N–H and O–H groups in total. The number of hydrogen-bond donors (Lipinski definition) is 2. The highest BCUT2D eigenvalue weighted by molar-refractivity contribution is 7.22. The van der Waals surface area contributed by atoms with Gasteiger partial charge in [0.15, 0.2) is 5.13 Å². The first-order chi connectivity index (χ1) is 8.19. The fourth-order valence-corrected chi connectivity index (χ4v) is 2.26. The molecule has 0 aliphatic heterocycles. The molecule has 1 amide bonds. The number of benzene rings is 1. The second-order valence-electron chi connectivity index (χ2n) is 3.48. The van der Waals surface area contributed by atoms with Crippen molar-refractivity contribution in [2.75, 3.05) is 18.9 Å². The monoisotopic (exact) mass is 253 g/mol. The van der Waals surface area contributed by atoms with Crippen molar-refractivity contribution in [1.82, 2.24) is 10.3 Å². The third-order valence-corrected chi connectivity index (χ3v) is 3.25. The molecule has 17 heavy (non-hydrogen) atoms. The molecule has 0 saturated carbocycles. The Morgan fingerprint density at radius 3 is 3.12 bits per heavy atom. The number of nitrogens with one attached hydrogen (secondary N) is 2. The molecule has 1 aromatic heterocycles. The highest BCUT2D eigenvalue weighted by Gasteiger charge is 2.05. The highest BCUT2D eigenvalue weighted by atomic mass is 32.1. The predicted molar refractivity (Wildman–Crippen MR) is 66.8 cm³/mol. The van der Waals surface area contributed by atoms with E-state index in [1.165, 1.54) is 23.5 Å². The second-order valence-corrected chi connectivity index (χ2v) is 4.51. The van der Waals surface area contributed by atoms with E-state index < -0.39 is 0 Å². The highest BCUT2D eigenvalue weighted by Crippen LogP contribution is 2.26. The van der Waals surface area contributed by atoms with Gasteiger partial charge in [-0.3, -0.25) is 4.79 Å². The molecule has 0 saturated heterocycles. The summed E-state index contributed by atoms with van der Waals surface area (Å²) in [6, 6.07) is 4.51. The first kappa shape index (κ1) is 11.8. The van der Waals surface area contributed by atoms with Crippen molar-refractivity contribution >= 4 is 32.6 Å². The molecule has 0 spiro atoms. The van der Waals surface area contributed by atoms with Gasteiger partial charge in [-0.25, -0.2) is 9.37 Å². The van der Waals surface area contributed by atoms with Gasteiger partial charge >= 0.3 is 0 Å². The maximum atomic E-state index is 12.9. The van der Waals surface area contributed by atoms with Crippen LogP contribution in [0.15, 0.2) is 18.2 Å². The Balaban J connectivity index is 2.02. The molecule has 90 valence electrons. The summed E-state index contributed by atoms with van der Waals surface area (Å²) in [6.07, 6.45) is 0.390. The third kappa shape index (κ3) is 2.91. The van der Waals surface area contributed by atoms with Crippen molar-refractivity contribution in [1.29, 1.82) is 0 Å². The normalized spacial score (nSPS) is 10.5. The van der Waals surface area contributed by atoms with Gasteiger partial charge < -0.3 is 10.6 Å². The summed E-state index contributed by atoms with van der Waals surface area (Å²) < 4.78 is 13.9. The van der Waals surface area contributed by atoms with Crippen LogP contribution in [0, 0.1) is 5.82 Å². The number of anilines is 1. The quantitative estimate of drug-likeness (QED) is 0.876. The fourth-order valence-electron chi connectivity index (χ4n) is 1.38. The second kappa shape index (κ2) is 5.09. The van der Waals surface area contributed by atoms with E-state index in [2.05, 4.69) is 15.6 Å². The molecule has 0 radical (unpaired) electrons. The van der Waals surface area contributed by atoms with Gasteiger partial charge in [-0.1, -0.05) is 11.3 Å². The van der Waals surface area contributed by atoms with Gasteiger partial charge in [-0.05, 0) is 12.1 Å². The topological polar surface area (TPSA) is 54.0 Å². The van der Waals surface area contributed by atoms with Crippen LogP contribution in [0.4, 0.5) is 9.52 Å². The van der Waals surface area contributed by atoms with Gasteiger partial charge in [0.1, 0.15) is 5.82 Å². The van der Waals surface area contributed by atoms with Crippen LogP contribution in [0.25, 0.3) is 10.2 Å². The minimum absolute atomic E-state index is 0.0235. The molecule has 0 unspecified atom stereocenters. The van der Waals surface area contributed by atoms with Crippen LogP contribution >= 0.6 is 11.3 Å². The molecule has 4 nitrogen and oxygen atoms in total. The zero-order valence-corrected chi connectivity index (χ0v) is 10.1. The molecule has 0 fully saturated rings. The molecule has 1 aromatic carbocycles. The van der Waals surface area contributed by atoms with E-state index in [1.807, 2.05) is 0 Å². The predicted octanol–water partition coefficient (Wildman–Crippen LogP) is 1.98. The zero-order chi connectivity index (χ0) is 12.3. The van der Waals surface area contributed by atoms with Crippen LogP contribution in [-0.4, -0.2) is 24.5 Å². The van der Waals surface area contributed by atoms with E-state index in [-0.39, 0.29) is 11.7 Å². The van der Waals surface area contributed by atoms with Crippen LogP contribution in [0.2, 0.25) is 0 Å². The Morgan fingerprint density at radius 2 is 2.35 bits per heavy atom.